The Labute approximate surface area is 98.0 Å². The smallest absolute Gasteiger partial charge is 0.307 e. The summed E-state index contributed by atoms with van der Waals surface area (Å²) >= 11 is 1.50. The highest BCUT2D eigenvalue weighted by Gasteiger charge is 2.34. The van der Waals surface area contributed by atoms with Gasteiger partial charge in [0.25, 0.3) is 0 Å². The molecule has 1 aliphatic carbocycles. The Morgan fingerprint density at radius 1 is 1.62 bits per heavy atom. The highest BCUT2D eigenvalue weighted by Crippen LogP contribution is 2.38. The minimum absolute atomic E-state index is 0.106. The summed E-state index contributed by atoms with van der Waals surface area (Å²) < 4.78 is 0. The Hall–Kier alpha value is -1.04. The maximum Gasteiger partial charge on any atom is 0.307 e. The van der Waals surface area contributed by atoms with Crippen LogP contribution in [0.25, 0.3) is 0 Å². The quantitative estimate of drug-likeness (QED) is 0.843. The predicted octanol–water partition coefficient (Wildman–Crippen LogP) is 1.79. The predicted molar refractivity (Wildman–Crippen MR) is 60.2 cm³/mol. The molecule has 0 spiro atoms. The first-order valence-electron chi connectivity index (χ1n) is 5.41. The topological polar surface area (TPSA) is 78.9 Å². The van der Waals surface area contributed by atoms with Crippen LogP contribution in [0.15, 0.2) is 11.5 Å². The van der Waals surface area contributed by atoms with Crippen LogP contribution in [0.3, 0.4) is 0 Å². The third kappa shape index (κ3) is 2.55. The molecule has 0 aromatic carbocycles. The first-order chi connectivity index (χ1) is 7.66. The van der Waals surface area contributed by atoms with E-state index >= 15 is 0 Å². The van der Waals surface area contributed by atoms with Crippen molar-refractivity contribution in [1.29, 1.82) is 0 Å². The van der Waals surface area contributed by atoms with Crippen LogP contribution in [0.4, 0.5) is 0 Å². The highest BCUT2D eigenvalue weighted by atomic mass is 32.2. The number of aromatic amines is 1. The molecule has 1 aromatic heterocycles. The number of thioether (sulfide) groups is 1. The monoisotopic (exact) mass is 241 g/mol. The van der Waals surface area contributed by atoms with Gasteiger partial charge in [-0.25, -0.2) is 4.98 Å². The van der Waals surface area contributed by atoms with E-state index in [4.69, 9.17) is 5.11 Å². The van der Waals surface area contributed by atoms with Gasteiger partial charge >= 0.3 is 5.97 Å². The Morgan fingerprint density at radius 3 is 3.06 bits per heavy atom. The number of hydrogen-bond acceptors (Lipinski definition) is 4. The number of aliphatic carboxylic acids is 1. The number of nitrogens with zero attached hydrogens (tertiary/aromatic N) is 2. The van der Waals surface area contributed by atoms with E-state index in [0.29, 0.717) is 11.1 Å². The van der Waals surface area contributed by atoms with Crippen molar-refractivity contribution in [1.82, 2.24) is 15.2 Å². The number of hydrogen-bond donors (Lipinski definition) is 2. The summed E-state index contributed by atoms with van der Waals surface area (Å²) in [5, 5.41) is 16.5. The van der Waals surface area contributed by atoms with Gasteiger partial charge in [0, 0.05) is 5.25 Å². The molecule has 2 N–H and O–H groups in total. The molecule has 0 saturated heterocycles. The van der Waals surface area contributed by atoms with E-state index in [0.717, 1.165) is 19.3 Å². The zero-order valence-electron chi connectivity index (χ0n) is 9.09. The van der Waals surface area contributed by atoms with Gasteiger partial charge < -0.3 is 5.11 Å². The lowest BCUT2D eigenvalue weighted by Crippen LogP contribution is -2.32. The van der Waals surface area contributed by atoms with E-state index in [-0.39, 0.29) is 11.2 Å². The number of carbonyl (C=O) groups is 1. The molecular formula is C10H15N3O2S. The average molecular weight is 241 g/mol. The van der Waals surface area contributed by atoms with Crippen LogP contribution in [0, 0.1) is 11.8 Å². The molecule has 5 nitrogen and oxygen atoms in total. The summed E-state index contributed by atoms with van der Waals surface area (Å²) in [4.78, 5) is 15.2. The lowest BCUT2D eigenvalue weighted by atomic mass is 9.82. The lowest BCUT2D eigenvalue weighted by Gasteiger charge is -2.31. The van der Waals surface area contributed by atoms with E-state index in [9.17, 15) is 4.79 Å². The molecule has 1 aliphatic rings. The van der Waals surface area contributed by atoms with Crippen LogP contribution in [-0.2, 0) is 4.79 Å². The maximum atomic E-state index is 11.1. The fourth-order valence-corrected chi connectivity index (χ4v) is 3.48. The first kappa shape index (κ1) is 11.4. The number of H-pyrrole nitrogens is 1. The Balaban J connectivity index is 2.05. The van der Waals surface area contributed by atoms with Gasteiger partial charge in [0.2, 0.25) is 0 Å². The standard InChI is InChI=1S/C10H15N3O2S/c1-6-2-3-7(9(14)15)8(4-6)16-10-11-5-12-13-10/h5-8H,2-4H2,1H3,(H,14,15)(H,11,12,13). The van der Waals surface area contributed by atoms with Gasteiger partial charge in [0.1, 0.15) is 6.33 Å². The summed E-state index contributed by atoms with van der Waals surface area (Å²) in [6, 6.07) is 0. The molecular weight excluding hydrogens is 226 g/mol. The van der Waals surface area contributed by atoms with Gasteiger partial charge in [-0.1, -0.05) is 18.7 Å². The Bertz CT molecular complexity index is 355. The molecule has 16 heavy (non-hydrogen) atoms. The van der Waals surface area contributed by atoms with E-state index < -0.39 is 5.97 Å². The molecule has 1 aromatic rings. The largest absolute Gasteiger partial charge is 0.481 e. The van der Waals surface area contributed by atoms with Gasteiger partial charge in [-0.15, -0.1) is 0 Å². The second-order valence-electron chi connectivity index (χ2n) is 4.31. The molecule has 0 amide bonds. The lowest BCUT2D eigenvalue weighted by molar-refractivity contribution is -0.142. The van der Waals surface area contributed by atoms with Gasteiger partial charge in [-0.2, -0.15) is 5.10 Å². The summed E-state index contributed by atoms with van der Waals surface area (Å²) in [5.41, 5.74) is 0. The molecule has 0 radical (unpaired) electrons. The summed E-state index contributed by atoms with van der Waals surface area (Å²) in [5.74, 6) is -0.355. The minimum atomic E-state index is -0.691. The van der Waals surface area contributed by atoms with E-state index in [1.54, 1.807) is 0 Å². The zero-order chi connectivity index (χ0) is 11.5. The number of aromatic nitrogens is 3. The molecule has 0 aliphatic heterocycles. The average Bonchev–Trinajstić information content (AvgIpc) is 2.70. The summed E-state index contributed by atoms with van der Waals surface area (Å²) in [6.07, 6.45) is 4.15. The van der Waals surface area contributed by atoms with Crippen molar-refractivity contribution < 1.29 is 9.90 Å². The molecule has 6 heteroatoms. The third-order valence-corrected chi connectivity index (χ3v) is 4.27. The maximum absolute atomic E-state index is 11.1. The zero-order valence-corrected chi connectivity index (χ0v) is 9.91. The SMILES string of the molecule is CC1CCC(C(=O)O)C(Sc2ncn[nH]2)C1. The van der Waals surface area contributed by atoms with Crippen molar-refractivity contribution in [2.45, 2.75) is 36.6 Å². The van der Waals surface area contributed by atoms with Crippen molar-refractivity contribution in [2.75, 3.05) is 0 Å². The van der Waals surface area contributed by atoms with Crippen LogP contribution in [0.1, 0.15) is 26.2 Å². The molecule has 1 heterocycles. The van der Waals surface area contributed by atoms with Crippen LogP contribution >= 0.6 is 11.8 Å². The Kier molecular flexibility index (Phi) is 3.48. The molecule has 2 rings (SSSR count). The number of carboxylic acid groups (broad SMARTS) is 1. The second kappa shape index (κ2) is 4.86. The summed E-state index contributed by atoms with van der Waals surface area (Å²) in [6.45, 7) is 2.17. The van der Waals surface area contributed by atoms with Crippen LogP contribution < -0.4 is 0 Å². The summed E-state index contributed by atoms with van der Waals surface area (Å²) in [7, 11) is 0. The van der Waals surface area contributed by atoms with Crippen LogP contribution in [0.2, 0.25) is 0 Å². The van der Waals surface area contributed by atoms with Crippen molar-refractivity contribution in [3.63, 3.8) is 0 Å². The van der Waals surface area contributed by atoms with Crippen molar-refractivity contribution in [2.24, 2.45) is 11.8 Å². The van der Waals surface area contributed by atoms with Crippen molar-refractivity contribution >= 4 is 17.7 Å². The van der Waals surface area contributed by atoms with Crippen molar-refractivity contribution in [3.05, 3.63) is 6.33 Å². The van der Waals surface area contributed by atoms with E-state index in [1.807, 2.05) is 0 Å². The second-order valence-corrected chi connectivity index (χ2v) is 5.54. The molecule has 1 fully saturated rings. The molecule has 1 saturated carbocycles. The fourth-order valence-electron chi connectivity index (χ4n) is 2.14. The van der Waals surface area contributed by atoms with Gasteiger partial charge in [0.15, 0.2) is 5.16 Å². The highest BCUT2D eigenvalue weighted by molar-refractivity contribution is 7.99. The number of rotatable bonds is 3. The molecule has 88 valence electrons. The minimum Gasteiger partial charge on any atom is -0.481 e. The van der Waals surface area contributed by atoms with Crippen molar-refractivity contribution in [3.8, 4) is 0 Å². The Morgan fingerprint density at radius 2 is 2.44 bits per heavy atom. The van der Waals surface area contributed by atoms with Gasteiger partial charge in [-0.05, 0) is 25.2 Å². The number of nitrogens with one attached hydrogen (secondary N) is 1. The first-order valence-corrected chi connectivity index (χ1v) is 6.29. The van der Waals surface area contributed by atoms with Gasteiger partial charge in [-0.3, -0.25) is 9.89 Å². The number of carboxylic acids is 1. The normalized spacial score (nSPS) is 30.2. The fraction of sp³-hybridized carbons (Fsp3) is 0.700. The van der Waals surface area contributed by atoms with Crippen LogP contribution in [-0.4, -0.2) is 31.5 Å². The van der Waals surface area contributed by atoms with Crippen LogP contribution in [0.5, 0.6) is 0 Å². The molecule has 0 bridgehead atoms. The van der Waals surface area contributed by atoms with E-state index in [1.165, 1.54) is 18.1 Å². The molecule has 3 unspecified atom stereocenters. The van der Waals surface area contributed by atoms with Gasteiger partial charge in [0.05, 0.1) is 5.92 Å². The van der Waals surface area contributed by atoms with E-state index in [2.05, 4.69) is 22.1 Å². The third-order valence-electron chi connectivity index (χ3n) is 3.03. The molecule has 3 atom stereocenters.